The molecule has 3 nitrogen and oxygen atoms in total. The van der Waals surface area contributed by atoms with E-state index >= 15 is 4.57 Å². The molecule has 0 atom stereocenters. The van der Waals surface area contributed by atoms with Crippen LogP contribution in [0.2, 0.25) is 0 Å². The Morgan fingerprint density at radius 2 is 0.971 bits per heavy atom. The van der Waals surface area contributed by atoms with Crippen molar-refractivity contribution in [1.29, 1.82) is 0 Å². The third-order valence-corrected chi connectivity index (χ3v) is 9.94. The third-order valence-electron chi connectivity index (χ3n) is 6.77. The van der Waals surface area contributed by atoms with E-state index in [1.54, 1.807) is 0 Å². The minimum Gasteiger partial charge on any atom is -0.309 e. The first-order valence-electron chi connectivity index (χ1n) is 11.3. The average molecular weight is 454 g/mol. The summed E-state index contributed by atoms with van der Waals surface area (Å²) in [6, 6.07) is 34.3. The molecule has 0 spiro atoms. The van der Waals surface area contributed by atoms with Crippen molar-refractivity contribution in [3.8, 4) is 22.3 Å². The second kappa shape index (κ2) is 7.21. The number of rotatable bonds is 1. The summed E-state index contributed by atoms with van der Waals surface area (Å²) < 4.78 is 15.4. The molecule has 0 fully saturated rings. The summed E-state index contributed by atoms with van der Waals surface area (Å²) in [5, 5.41) is 4.61. The Kier molecular flexibility index (Phi) is 4.12. The molecule has 1 aliphatic rings. The van der Waals surface area contributed by atoms with Crippen LogP contribution in [-0.4, -0.2) is 9.97 Å². The summed E-state index contributed by atoms with van der Waals surface area (Å²) in [6.07, 6.45) is 3.63. The fourth-order valence-electron chi connectivity index (χ4n) is 5.39. The zero-order valence-electron chi connectivity index (χ0n) is 18.2. The average Bonchev–Trinajstić information content (AvgIpc) is 3.02. The number of aromatic nitrogens is 2. The number of nitrogens with zero attached hydrogens (tertiary/aromatic N) is 2. The van der Waals surface area contributed by atoms with Crippen LogP contribution in [0, 0.1) is 0 Å². The van der Waals surface area contributed by atoms with Gasteiger partial charge in [-0.1, -0.05) is 91.0 Å². The molecule has 3 heterocycles. The fourth-order valence-corrected chi connectivity index (χ4v) is 8.44. The molecule has 0 N–H and O–H groups in total. The number of fused-ring (bicyclic) bond motifs is 10. The highest BCUT2D eigenvalue weighted by atomic mass is 31.2. The Balaban J connectivity index is 1.80. The van der Waals surface area contributed by atoms with Crippen molar-refractivity contribution >= 4 is 44.9 Å². The van der Waals surface area contributed by atoms with E-state index in [-0.39, 0.29) is 0 Å². The lowest BCUT2D eigenvalue weighted by Crippen LogP contribution is -2.26. The number of hydrogen-bond acceptors (Lipinski definition) is 3. The van der Waals surface area contributed by atoms with Gasteiger partial charge in [0.15, 0.2) is 7.14 Å². The van der Waals surface area contributed by atoms with Gasteiger partial charge in [0, 0.05) is 50.2 Å². The molecule has 0 saturated heterocycles. The van der Waals surface area contributed by atoms with Crippen LogP contribution in [0.25, 0.3) is 44.1 Å². The van der Waals surface area contributed by atoms with Crippen molar-refractivity contribution in [2.45, 2.75) is 0 Å². The molecule has 2 aromatic heterocycles. The van der Waals surface area contributed by atoms with Crippen LogP contribution in [0.3, 0.4) is 0 Å². The molecule has 4 heteroatoms. The highest BCUT2D eigenvalue weighted by Crippen LogP contribution is 2.54. The molecule has 0 aliphatic carbocycles. The van der Waals surface area contributed by atoms with E-state index in [1.807, 2.05) is 91.3 Å². The highest BCUT2D eigenvalue weighted by molar-refractivity contribution is 7.85. The molecule has 0 bridgehead atoms. The van der Waals surface area contributed by atoms with Crippen molar-refractivity contribution in [1.82, 2.24) is 9.97 Å². The zero-order chi connectivity index (χ0) is 22.7. The monoisotopic (exact) mass is 454 g/mol. The van der Waals surface area contributed by atoms with Crippen LogP contribution >= 0.6 is 7.14 Å². The van der Waals surface area contributed by atoms with Gasteiger partial charge in [0.1, 0.15) is 0 Å². The number of pyridine rings is 2. The van der Waals surface area contributed by atoms with Crippen molar-refractivity contribution in [2.24, 2.45) is 0 Å². The maximum absolute atomic E-state index is 15.4. The smallest absolute Gasteiger partial charge is 0.172 e. The lowest BCUT2D eigenvalue weighted by molar-refractivity contribution is 0.592. The quantitative estimate of drug-likeness (QED) is 0.223. The standard InChI is InChI=1S/C30H19N2OP/c33-34(20-10-2-1-3-11-20)25-16-6-4-12-21(25)27-23-14-8-18-31-29(23)30-24(15-9-19-32-30)28(27)22-13-5-7-17-26(22)34/h1-19H. The van der Waals surface area contributed by atoms with Crippen LogP contribution in [0.1, 0.15) is 0 Å². The predicted molar refractivity (Wildman–Crippen MR) is 141 cm³/mol. The minimum atomic E-state index is -3.17. The molecule has 34 heavy (non-hydrogen) atoms. The molecule has 7 rings (SSSR count). The van der Waals surface area contributed by atoms with Gasteiger partial charge in [0.25, 0.3) is 0 Å². The van der Waals surface area contributed by atoms with Crippen LogP contribution in [0.4, 0.5) is 0 Å². The lowest BCUT2D eigenvalue weighted by atomic mass is 9.88. The van der Waals surface area contributed by atoms with Gasteiger partial charge in [0.05, 0.1) is 11.0 Å². The van der Waals surface area contributed by atoms with E-state index in [4.69, 9.17) is 9.97 Å². The summed E-state index contributed by atoms with van der Waals surface area (Å²) in [4.78, 5) is 9.48. The van der Waals surface area contributed by atoms with Gasteiger partial charge in [-0.2, -0.15) is 0 Å². The molecule has 1 aliphatic heterocycles. The summed E-state index contributed by atoms with van der Waals surface area (Å²) >= 11 is 0. The minimum absolute atomic E-state index is 0.840. The largest absolute Gasteiger partial charge is 0.309 e. The van der Waals surface area contributed by atoms with Gasteiger partial charge in [-0.3, -0.25) is 9.97 Å². The Hall–Kier alpha value is -4.07. The SMILES string of the molecule is O=P1(c2ccccc2)c2ccccc2-c2c(c3cccnc3c3ncccc23)-c2ccccc21. The second-order valence-corrected chi connectivity index (χ2v) is 11.2. The Labute approximate surface area is 197 Å². The normalized spacial score (nSPS) is 13.6. The summed E-state index contributed by atoms with van der Waals surface area (Å²) in [5.74, 6) is 0. The first kappa shape index (κ1) is 19.4. The van der Waals surface area contributed by atoms with E-state index in [1.165, 1.54) is 0 Å². The molecule has 0 saturated carbocycles. The van der Waals surface area contributed by atoms with Crippen LogP contribution < -0.4 is 15.9 Å². The number of benzene rings is 4. The maximum Gasteiger partial charge on any atom is 0.172 e. The summed E-state index contributed by atoms with van der Waals surface area (Å²) in [5.41, 5.74) is 5.84. The van der Waals surface area contributed by atoms with Crippen molar-refractivity contribution in [2.75, 3.05) is 0 Å². The van der Waals surface area contributed by atoms with Gasteiger partial charge in [-0.05, 0) is 23.3 Å². The molecular weight excluding hydrogens is 435 g/mol. The predicted octanol–water partition coefficient (Wildman–Crippen LogP) is 6.07. The fraction of sp³-hybridized carbons (Fsp3) is 0. The Morgan fingerprint density at radius 1 is 0.500 bits per heavy atom. The van der Waals surface area contributed by atoms with E-state index in [2.05, 4.69) is 24.3 Å². The molecule has 160 valence electrons. The molecule has 6 aromatic rings. The van der Waals surface area contributed by atoms with Gasteiger partial charge in [-0.15, -0.1) is 0 Å². The van der Waals surface area contributed by atoms with E-state index in [9.17, 15) is 0 Å². The molecule has 0 radical (unpaired) electrons. The van der Waals surface area contributed by atoms with Crippen molar-refractivity contribution < 1.29 is 4.57 Å². The van der Waals surface area contributed by atoms with E-state index in [0.29, 0.717) is 0 Å². The van der Waals surface area contributed by atoms with Gasteiger partial charge in [-0.25, -0.2) is 0 Å². The highest BCUT2D eigenvalue weighted by Gasteiger charge is 2.38. The topological polar surface area (TPSA) is 42.9 Å². The Bertz CT molecular complexity index is 1680. The molecule has 0 unspecified atom stereocenters. The first-order valence-corrected chi connectivity index (χ1v) is 13.0. The van der Waals surface area contributed by atoms with Crippen LogP contribution in [0.5, 0.6) is 0 Å². The van der Waals surface area contributed by atoms with Crippen molar-refractivity contribution in [3.05, 3.63) is 116 Å². The summed E-state index contributed by atoms with van der Waals surface area (Å²) in [7, 11) is -3.17. The third kappa shape index (κ3) is 2.50. The van der Waals surface area contributed by atoms with Gasteiger partial charge >= 0.3 is 0 Å². The molecular formula is C30H19N2OP. The zero-order valence-corrected chi connectivity index (χ0v) is 19.1. The van der Waals surface area contributed by atoms with Crippen LogP contribution in [0.15, 0.2) is 116 Å². The molecule has 4 aromatic carbocycles. The lowest BCUT2D eigenvalue weighted by Gasteiger charge is -2.22. The van der Waals surface area contributed by atoms with E-state index in [0.717, 1.165) is 60.0 Å². The maximum atomic E-state index is 15.4. The summed E-state index contributed by atoms with van der Waals surface area (Å²) in [6.45, 7) is 0. The Morgan fingerprint density at radius 3 is 1.50 bits per heavy atom. The van der Waals surface area contributed by atoms with Gasteiger partial charge in [0.2, 0.25) is 0 Å². The first-order chi connectivity index (χ1) is 16.8. The number of hydrogen-bond donors (Lipinski definition) is 0. The van der Waals surface area contributed by atoms with E-state index < -0.39 is 7.14 Å². The van der Waals surface area contributed by atoms with Crippen molar-refractivity contribution in [3.63, 3.8) is 0 Å². The second-order valence-electron chi connectivity index (χ2n) is 8.53. The molecule has 0 amide bonds. The van der Waals surface area contributed by atoms with Crippen LogP contribution in [-0.2, 0) is 4.57 Å². The van der Waals surface area contributed by atoms with Gasteiger partial charge < -0.3 is 4.57 Å².